The van der Waals surface area contributed by atoms with Gasteiger partial charge in [0, 0.05) is 30.0 Å². The Hall–Kier alpha value is -2.07. The van der Waals surface area contributed by atoms with Crippen molar-refractivity contribution in [2.75, 3.05) is 11.9 Å². The van der Waals surface area contributed by atoms with Crippen molar-refractivity contribution in [1.29, 1.82) is 0 Å². The standard InChI is InChI=1S/C20H24ClN3O/c21-17-6-4-5-15(11-17)9-10-23-20(25)16-12-19(14-22-13-16)24-18-7-2-1-3-8-18/h4-6,11-14,18,24H,1-3,7-10H2,(H,23,25). The van der Waals surface area contributed by atoms with Crippen molar-refractivity contribution in [3.63, 3.8) is 0 Å². The highest BCUT2D eigenvalue weighted by Crippen LogP contribution is 2.21. The van der Waals surface area contributed by atoms with Crippen molar-refractivity contribution < 1.29 is 4.79 Å². The van der Waals surface area contributed by atoms with E-state index in [9.17, 15) is 4.79 Å². The van der Waals surface area contributed by atoms with E-state index < -0.39 is 0 Å². The first-order valence-electron chi connectivity index (χ1n) is 8.95. The summed E-state index contributed by atoms with van der Waals surface area (Å²) in [7, 11) is 0. The molecule has 0 atom stereocenters. The number of amides is 1. The van der Waals surface area contributed by atoms with E-state index in [0.29, 0.717) is 18.2 Å². The van der Waals surface area contributed by atoms with E-state index in [4.69, 9.17) is 11.6 Å². The van der Waals surface area contributed by atoms with Crippen LogP contribution in [0.25, 0.3) is 0 Å². The fourth-order valence-corrected chi connectivity index (χ4v) is 3.45. The van der Waals surface area contributed by atoms with Crippen molar-refractivity contribution in [2.24, 2.45) is 0 Å². The third-order valence-electron chi connectivity index (χ3n) is 4.56. The summed E-state index contributed by atoms with van der Waals surface area (Å²) in [4.78, 5) is 16.5. The number of hydrogen-bond donors (Lipinski definition) is 2. The highest BCUT2D eigenvalue weighted by molar-refractivity contribution is 6.30. The van der Waals surface area contributed by atoms with Crippen LogP contribution in [0.1, 0.15) is 48.0 Å². The summed E-state index contributed by atoms with van der Waals surface area (Å²) >= 11 is 5.98. The number of nitrogens with zero attached hydrogens (tertiary/aromatic N) is 1. The summed E-state index contributed by atoms with van der Waals surface area (Å²) < 4.78 is 0. The SMILES string of the molecule is O=C(NCCc1cccc(Cl)c1)c1cncc(NC2CCCCC2)c1. The number of hydrogen-bond acceptors (Lipinski definition) is 3. The van der Waals surface area contributed by atoms with Crippen LogP contribution in [0.5, 0.6) is 0 Å². The summed E-state index contributed by atoms with van der Waals surface area (Å²) in [5.74, 6) is -0.0955. The van der Waals surface area contributed by atoms with Gasteiger partial charge < -0.3 is 10.6 Å². The average Bonchev–Trinajstić information content (AvgIpc) is 2.63. The highest BCUT2D eigenvalue weighted by atomic mass is 35.5. The highest BCUT2D eigenvalue weighted by Gasteiger charge is 2.14. The maximum Gasteiger partial charge on any atom is 0.252 e. The van der Waals surface area contributed by atoms with Crippen LogP contribution in [-0.4, -0.2) is 23.5 Å². The Kier molecular flexibility index (Phi) is 6.29. The number of aromatic nitrogens is 1. The number of halogens is 1. The molecule has 0 aliphatic heterocycles. The molecule has 132 valence electrons. The molecule has 2 N–H and O–H groups in total. The first-order valence-corrected chi connectivity index (χ1v) is 9.33. The minimum Gasteiger partial charge on any atom is -0.381 e. The van der Waals surface area contributed by atoms with E-state index in [1.165, 1.54) is 32.1 Å². The van der Waals surface area contributed by atoms with Crippen LogP contribution in [0.2, 0.25) is 5.02 Å². The van der Waals surface area contributed by atoms with E-state index in [1.54, 1.807) is 12.4 Å². The monoisotopic (exact) mass is 357 g/mol. The Morgan fingerprint density at radius 1 is 1.16 bits per heavy atom. The number of pyridine rings is 1. The molecule has 1 aliphatic rings. The van der Waals surface area contributed by atoms with Crippen molar-refractivity contribution in [3.05, 3.63) is 58.9 Å². The zero-order valence-corrected chi connectivity index (χ0v) is 15.1. The molecule has 4 nitrogen and oxygen atoms in total. The predicted octanol–water partition coefficient (Wildman–Crippen LogP) is 4.45. The van der Waals surface area contributed by atoms with Crippen LogP contribution in [0.3, 0.4) is 0 Å². The third-order valence-corrected chi connectivity index (χ3v) is 4.80. The Morgan fingerprint density at radius 3 is 2.80 bits per heavy atom. The quantitative estimate of drug-likeness (QED) is 0.802. The van der Waals surface area contributed by atoms with E-state index in [2.05, 4.69) is 15.6 Å². The van der Waals surface area contributed by atoms with Crippen molar-refractivity contribution in [1.82, 2.24) is 10.3 Å². The van der Waals surface area contributed by atoms with Gasteiger partial charge in [-0.2, -0.15) is 0 Å². The van der Waals surface area contributed by atoms with Gasteiger partial charge in [0.25, 0.3) is 5.91 Å². The molecule has 3 rings (SSSR count). The number of nitrogens with one attached hydrogen (secondary N) is 2. The second kappa shape index (κ2) is 8.86. The van der Waals surface area contributed by atoms with Crippen LogP contribution in [0, 0.1) is 0 Å². The lowest BCUT2D eigenvalue weighted by Gasteiger charge is -2.23. The predicted molar refractivity (Wildman–Crippen MR) is 102 cm³/mol. The molecule has 1 aromatic heterocycles. The molecule has 5 heteroatoms. The van der Waals surface area contributed by atoms with Crippen LogP contribution in [-0.2, 0) is 6.42 Å². The second-order valence-corrected chi connectivity index (χ2v) is 7.01. The first kappa shape index (κ1) is 17.7. The van der Waals surface area contributed by atoms with Crippen LogP contribution in [0.4, 0.5) is 5.69 Å². The maximum absolute atomic E-state index is 12.3. The normalized spacial score (nSPS) is 14.9. The van der Waals surface area contributed by atoms with Crippen molar-refractivity contribution in [2.45, 2.75) is 44.6 Å². The average molecular weight is 358 g/mol. The molecule has 0 radical (unpaired) electrons. The molecular formula is C20H24ClN3O. The summed E-state index contributed by atoms with van der Waals surface area (Å²) in [6, 6.07) is 10.1. The topological polar surface area (TPSA) is 54.0 Å². The minimum absolute atomic E-state index is 0.0955. The molecular weight excluding hydrogens is 334 g/mol. The molecule has 1 amide bonds. The molecule has 0 spiro atoms. The fourth-order valence-electron chi connectivity index (χ4n) is 3.24. The lowest BCUT2D eigenvalue weighted by Crippen LogP contribution is -2.26. The summed E-state index contributed by atoms with van der Waals surface area (Å²) in [6.07, 6.45) is 10.4. The van der Waals surface area contributed by atoms with Crippen LogP contribution in [0.15, 0.2) is 42.7 Å². The molecule has 0 saturated heterocycles. The smallest absolute Gasteiger partial charge is 0.252 e. The lowest BCUT2D eigenvalue weighted by atomic mass is 9.95. The van der Waals surface area contributed by atoms with E-state index in [0.717, 1.165) is 22.7 Å². The largest absolute Gasteiger partial charge is 0.381 e. The summed E-state index contributed by atoms with van der Waals surface area (Å²) in [5.41, 5.74) is 2.62. The fraction of sp³-hybridized carbons (Fsp3) is 0.400. The molecule has 0 unspecified atom stereocenters. The zero-order chi connectivity index (χ0) is 17.5. The molecule has 0 bridgehead atoms. The third kappa shape index (κ3) is 5.46. The van der Waals surface area contributed by atoms with Gasteiger partial charge in [0.2, 0.25) is 0 Å². The van der Waals surface area contributed by atoms with E-state index >= 15 is 0 Å². The minimum atomic E-state index is -0.0955. The number of carbonyl (C=O) groups excluding carboxylic acids is 1. The molecule has 1 saturated carbocycles. The van der Waals surface area contributed by atoms with Gasteiger partial charge in [-0.1, -0.05) is 43.0 Å². The Balaban J connectivity index is 1.52. The molecule has 25 heavy (non-hydrogen) atoms. The van der Waals surface area contributed by atoms with Gasteiger partial charge >= 0.3 is 0 Å². The van der Waals surface area contributed by atoms with Gasteiger partial charge in [0.1, 0.15) is 0 Å². The number of anilines is 1. The van der Waals surface area contributed by atoms with E-state index in [1.807, 2.05) is 30.3 Å². The van der Waals surface area contributed by atoms with Crippen molar-refractivity contribution >= 4 is 23.2 Å². The van der Waals surface area contributed by atoms with Crippen molar-refractivity contribution in [3.8, 4) is 0 Å². The summed E-state index contributed by atoms with van der Waals surface area (Å²) in [5, 5.41) is 7.17. The van der Waals surface area contributed by atoms with Gasteiger partial charge in [0.15, 0.2) is 0 Å². The summed E-state index contributed by atoms with van der Waals surface area (Å²) in [6.45, 7) is 0.569. The van der Waals surface area contributed by atoms with Gasteiger partial charge in [-0.3, -0.25) is 9.78 Å². The van der Waals surface area contributed by atoms with E-state index in [-0.39, 0.29) is 5.91 Å². The van der Waals surface area contributed by atoms with Crippen LogP contribution < -0.4 is 10.6 Å². The Morgan fingerprint density at radius 2 is 2.00 bits per heavy atom. The maximum atomic E-state index is 12.3. The first-order chi connectivity index (χ1) is 12.2. The molecule has 1 aliphatic carbocycles. The molecule has 2 aromatic rings. The molecule has 1 fully saturated rings. The molecule has 1 heterocycles. The Bertz CT molecular complexity index is 714. The zero-order valence-electron chi connectivity index (χ0n) is 14.3. The number of rotatable bonds is 6. The van der Waals surface area contributed by atoms with Crippen LogP contribution >= 0.6 is 11.6 Å². The number of benzene rings is 1. The van der Waals surface area contributed by atoms with Gasteiger partial charge in [0.05, 0.1) is 11.3 Å². The lowest BCUT2D eigenvalue weighted by molar-refractivity contribution is 0.0954. The number of carbonyl (C=O) groups is 1. The van der Waals surface area contributed by atoms with Gasteiger partial charge in [-0.05, 0) is 43.0 Å². The molecule has 1 aromatic carbocycles. The second-order valence-electron chi connectivity index (χ2n) is 6.58. The van der Waals surface area contributed by atoms with Gasteiger partial charge in [-0.15, -0.1) is 0 Å². The Labute approximate surface area is 154 Å². The van der Waals surface area contributed by atoms with Gasteiger partial charge in [-0.25, -0.2) is 0 Å².